The molecule has 28 heavy (non-hydrogen) atoms. The fraction of sp³-hybridized carbons (Fsp3) is 0.750. The molecule has 3 aliphatic rings. The molecule has 0 unspecified atom stereocenters. The molecule has 0 atom stereocenters. The van der Waals surface area contributed by atoms with Gasteiger partial charge in [-0.25, -0.2) is 9.59 Å². The van der Waals surface area contributed by atoms with Crippen molar-refractivity contribution >= 4 is 6.09 Å². The van der Waals surface area contributed by atoms with Crippen molar-refractivity contribution in [3.63, 3.8) is 0 Å². The van der Waals surface area contributed by atoms with Crippen LogP contribution in [0.4, 0.5) is 4.79 Å². The van der Waals surface area contributed by atoms with Gasteiger partial charge in [0.1, 0.15) is 0 Å². The molecule has 1 spiro atoms. The first-order valence-electron chi connectivity index (χ1n) is 10.5. The van der Waals surface area contributed by atoms with E-state index in [0.717, 1.165) is 58.2 Å². The Morgan fingerprint density at radius 3 is 2.46 bits per heavy atom. The number of likely N-dealkylation sites (tertiary alicyclic amines) is 1. The number of aromatic nitrogens is 2. The van der Waals surface area contributed by atoms with Crippen molar-refractivity contribution in [3.05, 3.63) is 33.1 Å². The minimum Gasteiger partial charge on any atom is -0.465 e. The Balaban J connectivity index is 1.21. The van der Waals surface area contributed by atoms with Crippen LogP contribution in [0.3, 0.4) is 0 Å². The maximum atomic E-state index is 12.0. The lowest BCUT2D eigenvalue weighted by Crippen LogP contribution is -2.55. The molecule has 1 saturated heterocycles. The van der Waals surface area contributed by atoms with Crippen molar-refractivity contribution in [2.24, 2.45) is 11.3 Å². The summed E-state index contributed by atoms with van der Waals surface area (Å²) in [7, 11) is 0. The van der Waals surface area contributed by atoms with E-state index in [1.807, 2.05) is 0 Å². The summed E-state index contributed by atoms with van der Waals surface area (Å²) < 4.78 is 1.68. The number of piperidine rings is 1. The Bertz CT molecular complexity index is 808. The third-order valence-electron chi connectivity index (χ3n) is 7.18. The van der Waals surface area contributed by atoms with Crippen LogP contribution in [-0.4, -0.2) is 51.3 Å². The van der Waals surface area contributed by atoms with E-state index in [1.165, 1.54) is 18.9 Å². The summed E-state index contributed by atoms with van der Waals surface area (Å²) in [5.74, 6) is 0.673. The molecule has 1 amide bonds. The minimum atomic E-state index is -0.906. The molecule has 8 nitrogen and oxygen atoms in total. The largest absolute Gasteiger partial charge is 0.465 e. The van der Waals surface area contributed by atoms with Crippen molar-refractivity contribution < 1.29 is 9.90 Å². The molecule has 1 aliphatic heterocycles. The third-order valence-corrected chi connectivity index (χ3v) is 7.18. The lowest BCUT2D eigenvalue weighted by atomic mass is 9.60. The number of nitrogens with one attached hydrogen (secondary N) is 2. The van der Waals surface area contributed by atoms with E-state index >= 15 is 0 Å². The number of H-pyrrole nitrogens is 1. The number of nitrogens with zero attached hydrogens (tertiary/aromatic N) is 2. The number of aromatic amines is 1. The Labute approximate surface area is 163 Å². The molecule has 1 aromatic heterocycles. The van der Waals surface area contributed by atoms with Gasteiger partial charge in [0.05, 0.1) is 0 Å². The number of carboxylic acid groups (broad SMARTS) is 1. The maximum Gasteiger partial charge on any atom is 0.404 e. The molecule has 2 heterocycles. The highest BCUT2D eigenvalue weighted by Crippen LogP contribution is 2.49. The molecular formula is C20H30N4O4. The van der Waals surface area contributed by atoms with E-state index < -0.39 is 6.09 Å². The van der Waals surface area contributed by atoms with E-state index in [-0.39, 0.29) is 23.3 Å². The molecule has 4 rings (SSSR count). The molecular weight excluding hydrogens is 360 g/mol. The van der Waals surface area contributed by atoms with Crippen molar-refractivity contribution in [2.45, 2.75) is 63.5 Å². The standard InChI is InChI=1S/C20H30N4O4/c25-17-5-8-24(18(26)22-17)16-3-1-14(2-4-16)13-23-9-6-20(7-10-23)11-15(12-20)21-19(27)28/h5,8,14-16,21H,1-4,6-7,9-13H2,(H,27,28)(H,22,25,26)/t14-,16-. The number of hydrogen-bond acceptors (Lipinski definition) is 4. The molecule has 2 aliphatic carbocycles. The van der Waals surface area contributed by atoms with Crippen LogP contribution in [-0.2, 0) is 0 Å². The summed E-state index contributed by atoms with van der Waals surface area (Å²) in [6.07, 6.45) is 9.25. The summed E-state index contributed by atoms with van der Waals surface area (Å²) >= 11 is 0. The maximum absolute atomic E-state index is 12.0. The first-order valence-corrected chi connectivity index (χ1v) is 10.5. The van der Waals surface area contributed by atoms with Gasteiger partial charge in [-0.05, 0) is 75.8 Å². The summed E-state index contributed by atoms with van der Waals surface area (Å²) in [4.78, 5) is 38.9. The van der Waals surface area contributed by atoms with Crippen LogP contribution < -0.4 is 16.6 Å². The van der Waals surface area contributed by atoms with E-state index in [1.54, 1.807) is 10.8 Å². The first-order chi connectivity index (χ1) is 13.4. The van der Waals surface area contributed by atoms with Crippen LogP contribution in [0.15, 0.2) is 21.9 Å². The van der Waals surface area contributed by atoms with Gasteiger partial charge in [0, 0.05) is 30.9 Å². The van der Waals surface area contributed by atoms with E-state index in [4.69, 9.17) is 5.11 Å². The second-order valence-electron chi connectivity index (χ2n) is 9.05. The van der Waals surface area contributed by atoms with E-state index in [0.29, 0.717) is 11.3 Å². The van der Waals surface area contributed by atoms with Crippen LogP contribution >= 0.6 is 0 Å². The number of rotatable bonds is 4. The van der Waals surface area contributed by atoms with E-state index in [2.05, 4.69) is 15.2 Å². The van der Waals surface area contributed by atoms with Gasteiger partial charge >= 0.3 is 11.8 Å². The second-order valence-corrected chi connectivity index (χ2v) is 9.05. The van der Waals surface area contributed by atoms with Crippen LogP contribution in [0.2, 0.25) is 0 Å². The topological polar surface area (TPSA) is 107 Å². The number of carbonyl (C=O) groups is 1. The molecule has 3 fully saturated rings. The summed E-state index contributed by atoms with van der Waals surface area (Å²) in [5, 5.41) is 11.4. The van der Waals surface area contributed by atoms with Gasteiger partial charge < -0.3 is 15.3 Å². The highest BCUT2D eigenvalue weighted by atomic mass is 16.4. The molecule has 2 saturated carbocycles. The predicted octanol–water partition coefficient (Wildman–Crippen LogP) is 1.78. The average molecular weight is 390 g/mol. The predicted molar refractivity (Wildman–Crippen MR) is 105 cm³/mol. The van der Waals surface area contributed by atoms with Crippen molar-refractivity contribution in [1.82, 2.24) is 19.8 Å². The lowest BCUT2D eigenvalue weighted by Gasteiger charge is -2.52. The monoisotopic (exact) mass is 390 g/mol. The Morgan fingerprint density at radius 2 is 1.86 bits per heavy atom. The molecule has 3 N–H and O–H groups in total. The van der Waals surface area contributed by atoms with Crippen LogP contribution in [0, 0.1) is 11.3 Å². The molecule has 1 aromatic rings. The third kappa shape index (κ3) is 4.16. The van der Waals surface area contributed by atoms with Crippen LogP contribution in [0.25, 0.3) is 0 Å². The van der Waals surface area contributed by atoms with Gasteiger partial charge in [0.15, 0.2) is 0 Å². The quantitative estimate of drug-likeness (QED) is 0.726. The molecule has 0 radical (unpaired) electrons. The zero-order valence-corrected chi connectivity index (χ0v) is 16.2. The first kappa shape index (κ1) is 19.2. The summed E-state index contributed by atoms with van der Waals surface area (Å²) in [6.45, 7) is 3.35. The van der Waals surface area contributed by atoms with Crippen molar-refractivity contribution in [1.29, 1.82) is 0 Å². The SMILES string of the molecule is O=C(O)NC1CC2(CCN(C[C@H]3CC[C@H](n4ccc(=O)[nH]c4=O)CC3)CC2)C1. The normalized spacial score (nSPS) is 28.0. The second kappa shape index (κ2) is 7.73. The van der Waals surface area contributed by atoms with Gasteiger partial charge in [-0.1, -0.05) is 0 Å². The Kier molecular flexibility index (Phi) is 5.31. The Hall–Kier alpha value is -2.09. The average Bonchev–Trinajstić information content (AvgIpc) is 2.63. The van der Waals surface area contributed by atoms with Crippen molar-refractivity contribution in [3.8, 4) is 0 Å². The van der Waals surface area contributed by atoms with Gasteiger partial charge in [-0.15, -0.1) is 0 Å². The minimum absolute atomic E-state index is 0.149. The number of amides is 1. The fourth-order valence-corrected chi connectivity index (χ4v) is 5.57. The van der Waals surface area contributed by atoms with E-state index in [9.17, 15) is 14.4 Å². The van der Waals surface area contributed by atoms with Gasteiger partial charge in [-0.2, -0.15) is 0 Å². The number of hydrogen-bond donors (Lipinski definition) is 3. The fourth-order valence-electron chi connectivity index (χ4n) is 5.57. The van der Waals surface area contributed by atoms with Gasteiger partial charge in [-0.3, -0.25) is 14.3 Å². The molecule has 0 bridgehead atoms. The molecule has 0 aromatic carbocycles. The molecule has 8 heteroatoms. The summed E-state index contributed by atoms with van der Waals surface area (Å²) in [5.41, 5.74) is -0.269. The van der Waals surface area contributed by atoms with Crippen LogP contribution in [0.1, 0.15) is 57.4 Å². The zero-order chi connectivity index (χ0) is 19.7. The summed E-state index contributed by atoms with van der Waals surface area (Å²) in [6, 6.07) is 1.77. The lowest BCUT2D eigenvalue weighted by molar-refractivity contribution is 0.00122. The highest BCUT2D eigenvalue weighted by Gasteiger charge is 2.46. The molecule has 154 valence electrons. The van der Waals surface area contributed by atoms with Crippen molar-refractivity contribution in [2.75, 3.05) is 19.6 Å². The smallest absolute Gasteiger partial charge is 0.404 e. The Morgan fingerprint density at radius 1 is 1.18 bits per heavy atom. The van der Waals surface area contributed by atoms with Gasteiger partial charge in [0.25, 0.3) is 5.56 Å². The van der Waals surface area contributed by atoms with Gasteiger partial charge in [0.2, 0.25) is 0 Å². The van der Waals surface area contributed by atoms with Crippen LogP contribution in [0.5, 0.6) is 0 Å². The highest BCUT2D eigenvalue weighted by molar-refractivity contribution is 5.65. The zero-order valence-electron chi connectivity index (χ0n) is 16.2.